The first-order valence-electron chi connectivity index (χ1n) is 6.59. The van der Waals surface area contributed by atoms with Crippen molar-refractivity contribution in [3.05, 3.63) is 35.9 Å². The molecule has 1 fully saturated rings. The van der Waals surface area contributed by atoms with Gasteiger partial charge in [0.25, 0.3) is 0 Å². The zero-order valence-electron chi connectivity index (χ0n) is 11.1. The third-order valence-electron chi connectivity index (χ3n) is 3.71. The van der Waals surface area contributed by atoms with E-state index < -0.39 is 5.60 Å². The monoisotopic (exact) mass is 247 g/mol. The summed E-state index contributed by atoms with van der Waals surface area (Å²) in [6.45, 7) is 5.12. The van der Waals surface area contributed by atoms with Crippen LogP contribution in [0.2, 0.25) is 0 Å². The number of rotatable bonds is 2. The summed E-state index contributed by atoms with van der Waals surface area (Å²) in [6, 6.07) is 9.75. The molecule has 0 spiro atoms. The van der Waals surface area contributed by atoms with Gasteiger partial charge in [-0.25, -0.2) is 0 Å². The smallest absolute Gasteiger partial charge is 0.225 e. The Morgan fingerprint density at radius 2 is 1.78 bits per heavy atom. The second-order valence-corrected chi connectivity index (χ2v) is 5.38. The molecule has 0 radical (unpaired) electrons. The molecule has 1 aliphatic heterocycles. The van der Waals surface area contributed by atoms with Gasteiger partial charge in [0.05, 0.1) is 5.60 Å². The average Bonchev–Trinajstić information content (AvgIpc) is 2.40. The Balaban J connectivity index is 2.04. The normalized spacial score (nSPS) is 19.0. The molecular formula is C15H21NO2. The molecule has 0 bridgehead atoms. The van der Waals surface area contributed by atoms with Crippen LogP contribution in [-0.4, -0.2) is 29.0 Å². The maximum Gasteiger partial charge on any atom is 0.225 e. The van der Waals surface area contributed by atoms with E-state index in [1.54, 1.807) is 0 Å². The van der Waals surface area contributed by atoms with Crippen molar-refractivity contribution >= 4 is 5.91 Å². The zero-order chi connectivity index (χ0) is 13.2. The van der Waals surface area contributed by atoms with E-state index in [0.717, 1.165) is 5.56 Å². The van der Waals surface area contributed by atoms with Crippen molar-refractivity contribution in [1.29, 1.82) is 0 Å². The summed E-state index contributed by atoms with van der Waals surface area (Å²) in [5.74, 6) is 0.220. The Morgan fingerprint density at radius 1 is 1.22 bits per heavy atom. The van der Waals surface area contributed by atoms with Crippen molar-refractivity contribution < 1.29 is 9.90 Å². The maximum absolute atomic E-state index is 11.9. The minimum atomic E-state index is -0.769. The lowest BCUT2D eigenvalue weighted by atomic mass is 9.84. The maximum atomic E-state index is 11.9. The van der Waals surface area contributed by atoms with Gasteiger partial charge in [-0.2, -0.15) is 0 Å². The predicted octanol–water partition coefficient (Wildman–Crippen LogP) is 2.15. The number of hydrogen-bond acceptors (Lipinski definition) is 2. The summed E-state index contributed by atoms with van der Waals surface area (Å²) in [5.41, 5.74) is 0.191. The molecule has 1 aromatic carbocycles. The summed E-state index contributed by atoms with van der Waals surface area (Å²) in [7, 11) is 0. The number of benzene rings is 1. The second kappa shape index (κ2) is 5.11. The highest BCUT2D eigenvalue weighted by Crippen LogP contribution is 2.32. The molecule has 98 valence electrons. The molecule has 18 heavy (non-hydrogen) atoms. The molecule has 0 saturated carbocycles. The van der Waals surface area contributed by atoms with E-state index in [4.69, 9.17) is 0 Å². The van der Waals surface area contributed by atoms with Crippen LogP contribution in [-0.2, 0) is 10.4 Å². The summed E-state index contributed by atoms with van der Waals surface area (Å²) in [5, 5.41) is 10.6. The first kappa shape index (κ1) is 13.1. The third-order valence-corrected chi connectivity index (χ3v) is 3.71. The van der Waals surface area contributed by atoms with Crippen LogP contribution in [0.1, 0.15) is 32.3 Å². The topological polar surface area (TPSA) is 40.5 Å². The Kier molecular flexibility index (Phi) is 3.71. The van der Waals surface area contributed by atoms with E-state index in [9.17, 15) is 9.90 Å². The Labute approximate surface area is 108 Å². The lowest BCUT2D eigenvalue weighted by Crippen LogP contribution is -2.46. The van der Waals surface area contributed by atoms with Crippen molar-refractivity contribution in [2.75, 3.05) is 13.1 Å². The minimum Gasteiger partial charge on any atom is -0.385 e. The second-order valence-electron chi connectivity index (χ2n) is 5.38. The van der Waals surface area contributed by atoms with Crippen molar-refractivity contribution in [1.82, 2.24) is 4.90 Å². The Morgan fingerprint density at radius 3 is 2.28 bits per heavy atom. The van der Waals surface area contributed by atoms with Crippen LogP contribution in [0, 0.1) is 5.92 Å². The molecule has 0 atom stereocenters. The van der Waals surface area contributed by atoms with E-state index in [1.165, 1.54) is 0 Å². The first-order valence-corrected chi connectivity index (χ1v) is 6.59. The standard InChI is InChI=1S/C15H21NO2/c1-12(2)14(17)16-10-8-15(18,9-11-16)13-6-4-3-5-7-13/h3-7,12,18H,8-11H2,1-2H3. The first-order chi connectivity index (χ1) is 8.53. The van der Waals surface area contributed by atoms with E-state index in [-0.39, 0.29) is 11.8 Å². The zero-order valence-corrected chi connectivity index (χ0v) is 11.1. The molecule has 1 saturated heterocycles. The van der Waals surface area contributed by atoms with Gasteiger partial charge in [0, 0.05) is 19.0 Å². The average molecular weight is 247 g/mol. The molecule has 3 nitrogen and oxygen atoms in total. The summed E-state index contributed by atoms with van der Waals surface area (Å²) >= 11 is 0. The fourth-order valence-electron chi connectivity index (χ4n) is 2.50. The molecule has 1 aliphatic rings. The van der Waals surface area contributed by atoms with Gasteiger partial charge in [0.2, 0.25) is 5.91 Å². The molecule has 3 heteroatoms. The lowest BCUT2D eigenvalue weighted by molar-refractivity contribution is -0.139. The number of carbonyl (C=O) groups excluding carboxylic acids is 1. The van der Waals surface area contributed by atoms with E-state index in [1.807, 2.05) is 49.1 Å². The van der Waals surface area contributed by atoms with Crippen LogP contribution < -0.4 is 0 Å². The molecular weight excluding hydrogens is 226 g/mol. The van der Waals surface area contributed by atoms with Gasteiger partial charge in [-0.1, -0.05) is 44.2 Å². The SMILES string of the molecule is CC(C)C(=O)N1CCC(O)(c2ccccc2)CC1. The van der Waals surface area contributed by atoms with Crippen LogP contribution in [0.3, 0.4) is 0 Å². The Hall–Kier alpha value is -1.35. The number of aliphatic hydroxyl groups is 1. The molecule has 0 aromatic heterocycles. The lowest BCUT2D eigenvalue weighted by Gasteiger charge is -2.39. The van der Waals surface area contributed by atoms with Crippen molar-refractivity contribution in [2.24, 2.45) is 5.92 Å². The number of carbonyl (C=O) groups is 1. The number of likely N-dealkylation sites (tertiary alicyclic amines) is 1. The number of nitrogens with zero attached hydrogens (tertiary/aromatic N) is 1. The summed E-state index contributed by atoms with van der Waals surface area (Å²) < 4.78 is 0. The molecule has 1 amide bonds. The van der Waals surface area contributed by atoms with Crippen LogP contribution in [0.4, 0.5) is 0 Å². The van der Waals surface area contributed by atoms with Gasteiger partial charge in [0.1, 0.15) is 0 Å². The van der Waals surface area contributed by atoms with Crippen molar-refractivity contribution in [3.63, 3.8) is 0 Å². The van der Waals surface area contributed by atoms with Gasteiger partial charge < -0.3 is 10.0 Å². The number of piperidine rings is 1. The summed E-state index contributed by atoms with van der Waals surface area (Å²) in [4.78, 5) is 13.8. The summed E-state index contributed by atoms with van der Waals surface area (Å²) in [6.07, 6.45) is 1.24. The van der Waals surface area contributed by atoms with Gasteiger partial charge >= 0.3 is 0 Å². The van der Waals surface area contributed by atoms with E-state index in [2.05, 4.69) is 0 Å². The quantitative estimate of drug-likeness (QED) is 0.870. The molecule has 2 rings (SSSR count). The third kappa shape index (κ3) is 2.56. The van der Waals surface area contributed by atoms with Crippen LogP contribution >= 0.6 is 0 Å². The fraction of sp³-hybridized carbons (Fsp3) is 0.533. The molecule has 1 aromatic rings. The van der Waals surface area contributed by atoms with Gasteiger partial charge in [-0.05, 0) is 18.4 Å². The van der Waals surface area contributed by atoms with Gasteiger partial charge in [-0.15, -0.1) is 0 Å². The molecule has 0 unspecified atom stereocenters. The molecule has 0 aliphatic carbocycles. The van der Waals surface area contributed by atoms with Crippen molar-refractivity contribution in [3.8, 4) is 0 Å². The molecule has 1 heterocycles. The number of amides is 1. The number of hydrogen-bond donors (Lipinski definition) is 1. The van der Waals surface area contributed by atoms with Crippen LogP contribution in [0.25, 0.3) is 0 Å². The van der Waals surface area contributed by atoms with Crippen LogP contribution in [0.5, 0.6) is 0 Å². The Bertz CT molecular complexity index is 406. The van der Waals surface area contributed by atoms with Gasteiger partial charge in [-0.3, -0.25) is 4.79 Å². The highest BCUT2D eigenvalue weighted by Gasteiger charge is 2.35. The minimum absolute atomic E-state index is 0.0351. The van der Waals surface area contributed by atoms with E-state index >= 15 is 0 Å². The largest absolute Gasteiger partial charge is 0.385 e. The van der Waals surface area contributed by atoms with Gasteiger partial charge in [0.15, 0.2) is 0 Å². The predicted molar refractivity (Wildman–Crippen MR) is 71.0 cm³/mol. The van der Waals surface area contributed by atoms with Crippen LogP contribution in [0.15, 0.2) is 30.3 Å². The fourth-order valence-corrected chi connectivity index (χ4v) is 2.50. The highest BCUT2D eigenvalue weighted by atomic mass is 16.3. The molecule has 1 N–H and O–H groups in total. The van der Waals surface area contributed by atoms with E-state index in [0.29, 0.717) is 25.9 Å². The van der Waals surface area contributed by atoms with Crippen molar-refractivity contribution in [2.45, 2.75) is 32.3 Å². The highest BCUT2D eigenvalue weighted by molar-refractivity contribution is 5.78.